The summed E-state index contributed by atoms with van der Waals surface area (Å²) in [7, 11) is 0. The number of hydrogen-bond donors (Lipinski definition) is 1. The Morgan fingerprint density at radius 2 is 1.93 bits per heavy atom. The van der Waals surface area contributed by atoms with E-state index in [1.54, 1.807) is 0 Å². The molecule has 0 aliphatic heterocycles. The highest BCUT2D eigenvalue weighted by Gasteiger charge is 2.05. The van der Waals surface area contributed by atoms with Crippen molar-refractivity contribution in [1.29, 1.82) is 0 Å². The summed E-state index contributed by atoms with van der Waals surface area (Å²) in [5.41, 5.74) is 0.798. The molecule has 4 heteroatoms. The maximum atomic E-state index is 11.6. The van der Waals surface area contributed by atoms with Gasteiger partial charge in [0.15, 0.2) is 0 Å². The molecule has 0 aliphatic carbocycles. The summed E-state index contributed by atoms with van der Waals surface area (Å²) in [5.74, 6) is 0. The molecular formula is C10H7Br2NO. The molecule has 0 saturated carbocycles. The summed E-state index contributed by atoms with van der Waals surface area (Å²) in [6.07, 6.45) is 0. The van der Waals surface area contributed by atoms with Crippen molar-refractivity contribution in [2.75, 3.05) is 0 Å². The average molecular weight is 317 g/mol. The molecule has 0 atom stereocenters. The fourth-order valence-corrected chi connectivity index (χ4v) is 2.20. The molecular weight excluding hydrogens is 310 g/mol. The molecule has 0 fully saturated rings. The van der Waals surface area contributed by atoms with Crippen molar-refractivity contribution in [3.8, 4) is 0 Å². The van der Waals surface area contributed by atoms with E-state index < -0.39 is 0 Å². The largest absolute Gasteiger partial charge is 0.325 e. The van der Waals surface area contributed by atoms with Crippen molar-refractivity contribution < 1.29 is 0 Å². The maximum absolute atomic E-state index is 11.6. The fraction of sp³-hybridized carbons (Fsp3) is 0.100. The third kappa shape index (κ3) is 1.53. The number of rotatable bonds is 0. The highest BCUT2D eigenvalue weighted by Crippen LogP contribution is 2.25. The summed E-state index contributed by atoms with van der Waals surface area (Å²) in [6.45, 7) is 1.87. The molecule has 0 unspecified atom stereocenters. The van der Waals surface area contributed by atoms with Crippen LogP contribution in [-0.4, -0.2) is 4.98 Å². The van der Waals surface area contributed by atoms with Crippen LogP contribution in [0.2, 0.25) is 0 Å². The Kier molecular flexibility index (Phi) is 2.49. The van der Waals surface area contributed by atoms with Crippen LogP contribution in [0, 0.1) is 6.92 Å². The van der Waals surface area contributed by atoms with Crippen LogP contribution in [0.3, 0.4) is 0 Å². The van der Waals surface area contributed by atoms with E-state index in [1.165, 1.54) is 0 Å². The SMILES string of the molecule is Cc1[nH]c(=O)c2cc(Br)ccc2c1Br. The molecule has 0 saturated heterocycles. The third-order valence-electron chi connectivity index (χ3n) is 2.09. The molecule has 0 bridgehead atoms. The van der Waals surface area contributed by atoms with E-state index in [0.29, 0.717) is 5.39 Å². The van der Waals surface area contributed by atoms with Crippen LogP contribution in [-0.2, 0) is 0 Å². The van der Waals surface area contributed by atoms with Gasteiger partial charge in [0, 0.05) is 25.4 Å². The molecule has 0 spiro atoms. The molecule has 1 heterocycles. The first-order valence-corrected chi connectivity index (χ1v) is 5.66. The zero-order chi connectivity index (χ0) is 10.3. The molecule has 1 aromatic heterocycles. The van der Waals surface area contributed by atoms with Crippen molar-refractivity contribution in [3.05, 3.63) is 43.2 Å². The lowest BCUT2D eigenvalue weighted by atomic mass is 10.1. The Morgan fingerprint density at radius 1 is 1.21 bits per heavy atom. The molecule has 14 heavy (non-hydrogen) atoms. The molecule has 0 amide bonds. The van der Waals surface area contributed by atoms with Gasteiger partial charge >= 0.3 is 0 Å². The number of aryl methyl sites for hydroxylation is 1. The summed E-state index contributed by atoms with van der Waals surface area (Å²) in [4.78, 5) is 14.4. The average Bonchev–Trinajstić information content (AvgIpc) is 2.14. The molecule has 2 rings (SSSR count). The standard InChI is InChI=1S/C10H7Br2NO/c1-5-9(12)7-3-2-6(11)4-8(7)10(14)13-5/h2-4H,1H3,(H,13,14). The Labute approximate surface area is 97.6 Å². The van der Waals surface area contributed by atoms with E-state index >= 15 is 0 Å². The Morgan fingerprint density at radius 3 is 2.64 bits per heavy atom. The number of hydrogen-bond acceptors (Lipinski definition) is 1. The van der Waals surface area contributed by atoms with Crippen LogP contribution >= 0.6 is 31.9 Å². The van der Waals surface area contributed by atoms with E-state index in [-0.39, 0.29) is 5.56 Å². The highest BCUT2D eigenvalue weighted by molar-refractivity contribution is 9.11. The number of benzene rings is 1. The van der Waals surface area contributed by atoms with Crippen LogP contribution in [0.25, 0.3) is 10.8 Å². The molecule has 2 nitrogen and oxygen atoms in total. The van der Waals surface area contributed by atoms with Gasteiger partial charge in [0.05, 0.1) is 0 Å². The number of halogens is 2. The summed E-state index contributed by atoms with van der Waals surface area (Å²) in [6, 6.07) is 5.66. The second-order valence-electron chi connectivity index (χ2n) is 3.08. The van der Waals surface area contributed by atoms with Crippen molar-refractivity contribution >= 4 is 42.6 Å². The van der Waals surface area contributed by atoms with Crippen LogP contribution in [0.5, 0.6) is 0 Å². The lowest BCUT2D eigenvalue weighted by molar-refractivity contribution is 1.15. The lowest BCUT2D eigenvalue weighted by Crippen LogP contribution is -2.08. The van der Waals surface area contributed by atoms with E-state index in [9.17, 15) is 4.79 Å². The number of pyridine rings is 1. The monoisotopic (exact) mass is 315 g/mol. The fourth-order valence-electron chi connectivity index (χ4n) is 1.39. The van der Waals surface area contributed by atoms with Crippen LogP contribution in [0.4, 0.5) is 0 Å². The molecule has 0 radical (unpaired) electrons. The molecule has 2 aromatic rings. The molecule has 1 aromatic carbocycles. The minimum atomic E-state index is -0.0537. The minimum absolute atomic E-state index is 0.0537. The number of nitrogens with one attached hydrogen (secondary N) is 1. The van der Waals surface area contributed by atoms with Crippen LogP contribution in [0.1, 0.15) is 5.69 Å². The Bertz CT molecular complexity index is 560. The first-order valence-electron chi connectivity index (χ1n) is 4.07. The Hall–Kier alpha value is -0.610. The van der Waals surface area contributed by atoms with Gasteiger partial charge in [-0.1, -0.05) is 22.0 Å². The topological polar surface area (TPSA) is 32.9 Å². The van der Waals surface area contributed by atoms with Crippen molar-refractivity contribution in [2.24, 2.45) is 0 Å². The molecule has 72 valence electrons. The number of aromatic nitrogens is 1. The first kappa shape index (κ1) is 9.93. The van der Waals surface area contributed by atoms with Crippen LogP contribution < -0.4 is 5.56 Å². The van der Waals surface area contributed by atoms with Gasteiger partial charge in [-0.05, 0) is 35.0 Å². The van der Waals surface area contributed by atoms with Gasteiger partial charge in [0.2, 0.25) is 0 Å². The van der Waals surface area contributed by atoms with Gasteiger partial charge in [-0.3, -0.25) is 4.79 Å². The second-order valence-corrected chi connectivity index (χ2v) is 4.79. The second kappa shape index (κ2) is 3.51. The maximum Gasteiger partial charge on any atom is 0.256 e. The summed E-state index contributed by atoms with van der Waals surface area (Å²) < 4.78 is 1.85. The van der Waals surface area contributed by atoms with Gasteiger partial charge in [0.1, 0.15) is 0 Å². The minimum Gasteiger partial charge on any atom is -0.325 e. The predicted octanol–water partition coefficient (Wildman–Crippen LogP) is 3.36. The smallest absolute Gasteiger partial charge is 0.256 e. The quantitative estimate of drug-likeness (QED) is 0.794. The third-order valence-corrected chi connectivity index (χ3v) is 3.61. The van der Waals surface area contributed by atoms with E-state index in [0.717, 1.165) is 20.0 Å². The van der Waals surface area contributed by atoms with Gasteiger partial charge in [-0.25, -0.2) is 0 Å². The van der Waals surface area contributed by atoms with E-state index in [2.05, 4.69) is 36.8 Å². The lowest BCUT2D eigenvalue weighted by Gasteiger charge is -2.03. The number of H-pyrrole nitrogens is 1. The van der Waals surface area contributed by atoms with E-state index in [1.807, 2.05) is 25.1 Å². The summed E-state index contributed by atoms with van der Waals surface area (Å²) >= 11 is 6.80. The van der Waals surface area contributed by atoms with Gasteiger partial charge in [0.25, 0.3) is 5.56 Å². The van der Waals surface area contributed by atoms with Gasteiger partial charge in [-0.15, -0.1) is 0 Å². The Balaban J connectivity index is 3.02. The van der Waals surface area contributed by atoms with Gasteiger partial charge < -0.3 is 4.98 Å². The number of aromatic amines is 1. The van der Waals surface area contributed by atoms with Crippen LogP contribution in [0.15, 0.2) is 31.9 Å². The number of fused-ring (bicyclic) bond motifs is 1. The van der Waals surface area contributed by atoms with E-state index in [4.69, 9.17) is 0 Å². The normalized spacial score (nSPS) is 10.8. The highest BCUT2D eigenvalue weighted by atomic mass is 79.9. The molecule has 0 aliphatic rings. The predicted molar refractivity (Wildman–Crippen MR) is 64.7 cm³/mol. The summed E-state index contributed by atoms with van der Waals surface area (Å²) in [5, 5.41) is 1.63. The van der Waals surface area contributed by atoms with Crippen molar-refractivity contribution in [2.45, 2.75) is 6.92 Å². The molecule has 1 N–H and O–H groups in total. The van der Waals surface area contributed by atoms with Crippen molar-refractivity contribution in [1.82, 2.24) is 4.98 Å². The zero-order valence-electron chi connectivity index (χ0n) is 7.40. The first-order chi connectivity index (χ1) is 6.59. The zero-order valence-corrected chi connectivity index (χ0v) is 10.6. The van der Waals surface area contributed by atoms with Gasteiger partial charge in [-0.2, -0.15) is 0 Å². The van der Waals surface area contributed by atoms with Crippen molar-refractivity contribution in [3.63, 3.8) is 0 Å².